The van der Waals surface area contributed by atoms with E-state index < -0.39 is 0 Å². The Morgan fingerprint density at radius 1 is 1.56 bits per heavy atom. The lowest BCUT2D eigenvalue weighted by molar-refractivity contribution is 0.262. The van der Waals surface area contributed by atoms with Crippen LogP contribution in [0.1, 0.15) is 31.2 Å². The summed E-state index contributed by atoms with van der Waals surface area (Å²) in [4.78, 5) is 6.60. The fourth-order valence-corrected chi connectivity index (χ4v) is 2.49. The summed E-state index contributed by atoms with van der Waals surface area (Å²) in [6, 6.07) is 3.95. The molecule has 0 saturated carbocycles. The van der Waals surface area contributed by atoms with Crippen molar-refractivity contribution in [3.05, 3.63) is 23.9 Å². The molecule has 1 aliphatic rings. The fourth-order valence-electron chi connectivity index (χ4n) is 2.49. The molecule has 18 heavy (non-hydrogen) atoms. The first-order valence-electron chi connectivity index (χ1n) is 6.40. The molecule has 5 heteroatoms. The third kappa shape index (κ3) is 2.79. The normalized spacial score (nSPS) is 19.8. The molecule has 1 saturated heterocycles. The summed E-state index contributed by atoms with van der Waals surface area (Å²) in [7, 11) is 0. The van der Waals surface area contributed by atoms with Crippen LogP contribution < -0.4 is 10.6 Å². The summed E-state index contributed by atoms with van der Waals surface area (Å²) in [5.74, 6) is 0.926. The third-order valence-corrected chi connectivity index (χ3v) is 3.44. The second-order valence-corrected chi connectivity index (χ2v) is 4.67. The summed E-state index contributed by atoms with van der Waals surface area (Å²) >= 11 is 0. The van der Waals surface area contributed by atoms with E-state index in [0.29, 0.717) is 11.6 Å². The number of aliphatic hydroxyl groups is 1. The van der Waals surface area contributed by atoms with E-state index in [-0.39, 0.29) is 12.4 Å². The van der Waals surface area contributed by atoms with E-state index in [1.807, 2.05) is 6.07 Å². The van der Waals surface area contributed by atoms with Gasteiger partial charge in [-0.1, -0.05) is 0 Å². The first kappa shape index (κ1) is 12.8. The van der Waals surface area contributed by atoms with E-state index >= 15 is 0 Å². The highest BCUT2D eigenvalue weighted by atomic mass is 16.3. The average molecular weight is 248 g/mol. The number of aromatic nitrogens is 1. The summed E-state index contributed by atoms with van der Waals surface area (Å²) < 4.78 is 0. The van der Waals surface area contributed by atoms with Crippen LogP contribution in [0.3, 0.4) is 0 Å². The molecule has 0 aliphatic carbocycles. The Kier molecular flexibility index (Phi) is 4.15. The van der Waals surface area contributed by atoms with Crippen molar-refractivity contribution in [2.45, 2.75) is 31.7 Å². The minimum absolute atomic E-state index is 0.0642. The van der Waals surface area contributed by atoms with Crippen LogP contribution in [0.25, 0.3) is 0 Å². The molecule has 5 nitrogen and oxygen atoms in total. The number of hydrogen-bond acceptors (Lipinski definition) is 4. The van der Waals surface area contributed by atoms with Crippen LogP contribution in [0.2, 0.25) is 0 Å². The lowest BCUT2D eigenvalue weighted by atomic mass is 9.99. The van der Waals surface area contributed by atoms with Gasteiger partial charge in [0.1, 0.15) is 11.7 Å². The maximum Gasteiger partial charge on any atom is 0.129 e. The lowest BCUT2D eigenvalue weighted by Gasteiger charge is -2.36. The molecular weight excluding hydrogens is 228 g/mol. The number of piperidine rings is 1. The van der Waals surface area contributed by atoms with Crippen LogP contribution in [-0.4, -0.2) is 35.1 Å². The van der Waals surface area contributed by atoms with Crippen molar-refractivity contribution in [1.82, 2.24) is 4.98 Å². The number of nitrogens with two attached hydrogens (primary N) is 1. The van der Waals surface area contributed by atoms with Gasteiger partial charge in [0, 0.05) is 31.0 Å². The Balaban J connectivity index is 2.22. The third-order valence-electron chi connectivity index (χ3n) is 3.44. The van der Waals surface area contributed by atoms with Gasteiger partial charge in [0.25, 0.3) is 0 Å². The minimum Gasteiger partial charge on any atom is -0.396 e. The number of rotatable bonds is 4. The minimum atomic E-state index is 0.0642. The predicted octanol–water partition coefficient (Wildman–Crippen LogP) is 1.11. The Morgan fingerprint density at radius 3 is 3.11 bits per heavy atom. The first-order valence-corrected chi connectivity index (χ1v) is 6.40. The van der Waals surface area contributed by atoms with Gasteiger partial charge in [-0.25, -0.2) is 4.98 Å². The Labute approximate surface area is 107 Å². The van der Waals surface area contributed by atoms with Crippen LogP contribution in [0.5, 0.6) is 0 Å². The van der Waals surface area contributed by atoms with Crippen LogP contribution >= 0.6 is 0 Å². The Hall–Kier alpha value is -1.62. The van der Waals surface area contributed by atoms with E-state index in [9.17, 15) is 0 Å². The van der Waals surface area contributed by atoms with Crippen molar-refractivity contribution in [2.75, 3.05) is 18.1 Å². The van der Waals surface area contributed by atoms with Gasteiger partial charge in [-0.3, -0.25) is 5.41 Å². The average Bonchev–Trinajstić information content (AvgIpc) is 2.40. The van der Waals surface area contributed by atoms with Gasteiger partial charge in [-0.15, -0.1) is 0 Å². The Morgan fingerprint density at radius 2 is 2.39 bits per heavy atom. The lowest BCUT2D eigenvalue weighted by Crippen LogP contribution is -2.40. The van der Waals surface area contributed by atoms with Crippen molar-refractivity contribution >= 4 is 11.7 Å². The highest BCUT2D eigenvalue weighted by Crippen LogP contribution is 2.25. The molecule has 1 aliphatic heterocycles. The largest absolute Gasteiger partial charge is 0.396 e. The number of nitrogen functional groups attached to an aromatic ring is 1. The second kappa shape index (κ2) is 5.82. The van der Waals surface area contributed by atoms with Crippen LogP contribution in [0.15, 0.2) is 18.3 Å². The maximum absolute atomic E-state index is 9.12. The number of pyridine rings is 1. The number of nitrogens with one attached hydrogen (secondary N) is 1. The highest BCUT2D eigenvalue weighted by Gasteiger charge is 2.23. The molecule has 4 N–H and O–H groups in total. The number of aliphatic hydroxyl groups excluding tert-OH is 1. The van der Waals surface area contributed by atoms with E-state index in [4.69, 9.17) is 16.2 Å². The summed E-state index contributed by atoms with van der Waals surface area (Å²) in [6.45, 7) is 1.16. The van der Waals surface area contributed by atoms with Crippen LogP contribution in [0, 0.1) is 5.41 Å². The van der Waals surface area contributed by atoms with Crippen LogP contribution in [0.4, 0.5) is 5.82 Å². The van der Waals surface area contributed by atoms with Crippen molar-refractivity contribution in [3.63, 3.8) is 0 Å². The molecule has 1 atom stereocenters. The van der Waals surface area contributed by atoms with Crippen molar-refractivity contribution in [3.8, 4) is 0 Å². The molecule has 0 bridgehead atoms. The SMILES string of the molecule is N=C(N)c1ccnc(N2CCCCC2CCO)c1. The van der Waals surface area contributed by atoms with Gasteiger partial charge >= 0.3 is 0 Å². The molecule has 1 aromatic rings. The van der Waals surface area contributed by atoms with Crippen molar-refractivity contribution < 1.29 is 5.11 Å². The summed E-state index contributed by atoms with van der Waals surface area (Å²) in [5.41, 5.74) is 6.20. The van der Waals surface area contributed by atoms with Crippen molar-refractivity contribution in [2.24, 2.45) is 5.73 Å². The van der Waals surface area contributed by atoms with Gasteiger partial charge in [0.15, 0.2) is 0 Å². The zero-order chi connectivity index (χ0) is 13.0. The quantitative estimate of drug-likeness (QED) is 0.550. The molecule has 1 unspecified atom stereocenters. The second-order valence-electron chi connectivity index (χ2n) is 4.67. The molecule has 98 valence electrons. The highest BCUT2D eigenvalue weighted by molar-refractivity contribution is 5.95. The molecule has 2 rings (SSSR count). The molecule has 0 spiro atoms. The smallest absolute Gasteiger partial charge is 0.129 e. The maximum atomic E-state index is 9.12. The van der Waals surface area contributed by atoms with E-state index in [2.05, 4.69) is 9.88 Å². The molecule has 2 heterocycles. The topological polar surface area (TPSA) is 86.2 Å². The monoisotopic (exact) mass is 248 g/mol. The van der Waals surface area contributed by atoms with Crippen LogP contribution in [-0.2, 0) is 0 Å². The molecule has 0 amide bonds. The van der Waals surface area contributed by atoms with Gasteiger partial charge < -0.3 is 15.7 Å². The molecular formula is C13H20N4O. The number of hydrogen-bond donors (Lipinski definition) is 3. The van der Waals surface area contributed by atoms with Crippen molar-refractivity contribution in [1.29, 1.82) is 5.41 Å². The molecule has 1 fully saturated rings. The standard InChI is InChI=1S/C13H20N4O/c14-13(15)10-4-6-16-12(9-10)17-7-2-1-3-11(17)5-8-18/h4,6,9,11,18H,1-3,5,7-8H2,(H3,14,15). The van der Waals surface area contributed by atoms with E-state index in [0.717, 1.165) is 31.6 Å². The van der Waals surface area contributed by atoms with Gasteiger partial charge in [-0.05, 0) is 37.8 Å². The number of nitrogens with zero attached hydrogens (tertiary/aromatic N) is 2. The fraction of sp³-hybridized carbons (Fsp3) is 0.538. The van der Waals surface area contributed by atoms with E-state index in [1.54, 1.807) is 12.3 Å². The zero-order valence-electron chi connectivity index (χ0n) is 10.5. The van der Waals surface area contributed by atoms with E-state index in [1.165, 1.54) is 6.42 Å². The predicted molar refractivity (Wildman–Crippen MR) is 71.9 cm³/mol. The summed E-state index contributed by atoms with van der Waals surface area (Å²) in [6.07, 6.45) is 5.90. The first-order chi connectivity index (χ1) is 8.72. The molecule has 1 aromatic heterocycles. The zero-order valence-corrected chi connectivity index (χ0v) is 10.5. The summed E-state index contributed by atoms with van der Waals surface area (Å²) in [5, 5.41) is 16.6. The van der Waals surface area contributed by atoms with Gasteiger partial charge in [0.05, 0.1) is 0 Å². The molecule has 0 radical (unpaired) electrons. The number of anilines is 1. The van der Waals surface area contributed by atoms with Gasteiger partial charge in [0.2, 0.25) is 0 Å². The Bertz CT molecular complexity index is 419. The molecule has 0 aromatic carbocycles. The number of amidine groups is 1. The van der Waals surface area contributed by atoms with Gasteiger partial charge in [-0.2, -0.15) is 0 Å².